The Morgan fingerprint density at radius 1 is 1.15 bits per heavy atom. The fraction of sp³-hybridized carbons (Fsp3) is 0.208. The van der Waals surface area contributed by atoms with E-state index in [1.54, 1.807) is 29.9 Å². The minimum atomic E-state index is -0.676. The topological polar surface area (TPSA) is 108 Å². The first kappa shape index (κ1) is 20.6. The number of carbonyl (C=O) groups is 3. The highest BCUT2D eigenvalue weighted by Gasteiger charge is 2.39. The van der Waals surface area contributed by atoms with E-state index in [4.69, 9.17) is 0 Å². The molecule has 3 aromatic rings. The first-order valence-corrected chi connectivity index (χ1v) is 10.4. The van der Waals surface area contributed by atoms with Gasteiger partial charge in [0.25, 0.3) is 5.91 Å². The summed E-state index contributed by atoms with van der Waals surface area (Å²) in [5.41, 5.74) is 3.34. The Hall–Kier alpha value is -4.32. The summed E-state index contributed by atoms with van der Waals surface area (Å²) in [6.45, 7) is 0.260. The van der Waals surface area contributed by atoms with E-state index in [9.17, 15) is 24.0 Å². The highest BCUT2D eigenvalue weighted by atomic mass is 19.1. The van der Waals surface area contributed by atoms with Crippen LogP contribution in [0.2, 0.25) is 0 Å². The van der Waals surface area contributed by atoms with Crippen LogP contribution in [0.15, 0.2) is 42.6 Å². The molecule has 1 aromatic heterocycles. The van der Waals surface area contributed by atoms with Crippen molar-refractivity contribution in [3.8, 4) is 28.7 Å². The molecule has 1 atom stereocenters. The van der Waals surface area contributed by atoms with E-state index >= 15 is 0 Å². The van der Waals surface area contributed by atoms with E-state index in [2.05, 4.69) is 16.4 Å². The Labute approximate surface area is 188 Å². The number of nitrogens with zero attached hydrogens (tertiary/aromatic N) is 4. The number of carbonyl (C=O) groups excluding carboxylic acids is 3. The van der Waals surface area contributed by atoms with Crippen molar-refractivity contribution in [1.82, 2.24) is 19.8 Å². The first-order valence-electron chi connectivity index (χ1n) is 10.4. The van der Waals surface area contributed by atoms with Gasteiger partial charge in [-0.1, -0.05) is 6.07 Å². The molecule has 0 bridgehead atoms. The maximum absolute atomic E-state index is 13.8. The second-order valence-electron chi connectivity index (χ2n) is 8.13. The summed E-state index contributed by atoms with van der Waals surface area (Å²) in [6, 6.07) is 10.6. The molecule has 0 saturated carbocycles. The molecule has 3 heterocycles. The number of fused-ring (bicyclic) bond motifs is 1. The number of imidazole rings is 1. The van der Waals surface area contributed by atoms with Crippen molar-refractivity contribution in [3.05, 3.63) is 65.1 Å². The monoisotopic (exact) mass is 443 g/mol. The van der Waals surface area contributed by atoms with Gasteiger partial charge in [-0.15, -0.1) is 0 Å². The van der Waals surface area contributed by atoms with Crippen LogP contribution in [0.3, 0.4) is 0 Å². The third-order valence-corrected chi connectivity index (χ3v) is 6.04. The van der Waals surface area contributed by atoms with Crippen LogP contribution in [0.5, 0.6) is 0 Å². The Balaban J connectivity index is 1.47. The van der Waals surface area contributed by atoms with E-state index in [1.165, 1.54) is 23.1 Å². The zero-order valence-corrected chi connectivity index (χ0v) is 17.6. The predicted molar refractivity (Wildman–Crippen MR) is 115 cm³/mol. The largest absolute Gasteiger partial charge is 0.333 e. The standard InChI is InChI=1S/C24H18FN5O3/c1-29-12-19(27-22(29)18-9-16(25)4-2-14(18)10-26)13-3-5-17-15(8-13)11-30(24(17)33)20-6-7-21(31)28-23(20)32/h2-5,8-9,12,20H,6-7,11H2,1H3,(H,28,31,32). The van der Waals surface area contributed by atoms with Crippen molar-refractivity contribution in [1.29, 1.82) is 5.26 Å². The molecule has 3 amide bonds. The maximum Gasteiger partial charge on any atom is 0.255 e. The summed E-state index contributed by atoms with van der Waals surface area (Å²) in [4.78, 5) is 42.7. The Morgan fingerprint density at radius 2 is 1.97 bits per heavy atom. The van der Waals surface area contributed by atoms with Gasteiger partial charge in [0.2, 0.25) is 11.8 Å². The minimum absolute atomic E-state index is 0.198. The summed E-state index contributed by atoms with van der Waals surface area (Å²) < 4.78 is 15.5. The van der Waals surface area contributed by atoms with Crippen LogP contribution in [0.1, 0.15) is 34.3 Å². The van der Waals surface area contributed by atoms with E-state index in [0.717, 1.165) is 11.1 Å². The van der Waals surface area contributed by atoms with Gasteiger partial charge in [-0.3, -0.25) is 19.7 Å². The number of hydrogen-bond donors (Lipinski definition) is 1. The Kier molecular flexibility index (Phi) is 4.78. The number of aryl methyl sites for hydroxylation is 1. The number of nitrogens with one attached hydrogen (secondary N) is 1. The van der Waals surface area contributed by atoms with Gasteiger partial charge >= 0.3 is 0 Å². The molecule has 33 heavy (non-hydrogen) atoms. The molecule has 164 valence electrons. The lowest BCUT2D eigenvalue weighted by atomic mass is 10.0. The maximum atomic E-state index is 13.8. The number of benzene rings is 2. The van der Waals surface area contributed by atoms with Gasteiger partial charge in [0.1, 0.15) is 17.7 Å². The third-order valence-electron chi connectivity index (χ3n) is 6.04. The number of halogens is 1. The molecule has 8 nitrogen and oxygen atoms in total. The Bertz CT molecular complexity index is 1390. The zero-order valence-electron chi connectivity index (χ0n) is 17.6. The Morgan fingerprint density at radius 3 is 2.73 bits per heavy atom. The highest BCUT2D eigenvalue weighted by molar-refractivity contribution is 6.05. The number of rotatable bonds is 3. The SMILES string of the molecule is Cn1cc(-c2ccc3c(c2)CN(C2CCC(=O)NC2=O)C3=O)nc1-c1cc(F)ccc1C#N. The van der Waals surface area contributed by atoms with E-state index < -0.39 is 17.8 Å². The normalized spacial score (nSPS) is 17.7. The first-order chi connectivity index (χ1) is 15.9. The number of imide groups is 1. The van der Waals surface area contributed by atoms with Crippen LogP contribution >= 0.6 is 0 Å². The smallest absolute Gasteiger partial charge is 0.255 e. The molecule has 2 aliphatic heterocycles. The summed E-state index contributed by atoms with van der Waals surface area (Å²) in [5, 5.41) is 11.7. The molecule has 0 aliphatic carbocycles. The summed E-state index contributed by atoms with van der Waals surface area (Å²) >= 11 is 0. The second-order valence-corrected chi connectivity index (χ2v) is 8.13. The van der Waals surface area contributed by atoms with E-state index in [-0.39, 0.29) is 24.8 Å². The van der Waals surface area contributed by atoms with Crippen LogP contribution in [-0.4, -0.2) is 38.2 Å². The molecule has 1 fully saturated rings. The summed E-state index contributed by atoms with van der Waals surface area (Å²) in [5.74, 6) is -1.04. The van der Waals surface area contributed by atoms with Gasteiger partial charge in [-0.25, -0.2) is 9.37 Å². The third kappa shape index (κ3) is 3.46. The molecule has 1 unspecified atom stereocenters. The molecule has 1 N–H and O–H groups in total. The average Bonchev–Trinajstić information content (AvgIpc) is 3.33. The molecular weight excluding hydrogens is 425 g/mol. The van der Waals surface area contributed by atoms with Crippen LogP contribution in [0.4, 0.5) is 4.39 Å². The molecule has 2 aliphatic rings. The van der Waals surface area contributed by atoms with Crippen LogP contribution < -0.4 is 5.32 Å². The fourth-order valence-electron chi connectivity index (χ4n) is 4.39. The van der Waals surface area contributed by atoms with Gasteiger partial charge in [-0.2, -0.15) is 5.26 Å². The molecule has 1 saturated heterocycles. The lowest BCUT2D eigenvalue weighted by Crippen LogP contribution is -2.52. The molecule has 9 heteroatoms. The van der Waals surface area contributed by atoms with Crippen LogP contribution in [-0.2, 0) is 23.2 Å². The van der Waals surface area contributed by atoms with Crippen LogP contribution in [0.25, 0.3) is 22.6 Å². The van der Waals surface area contributed by atoms with Gasteiger partial charge in [0.15, 0.2) is 0 Å². The highest BCUT2D eigenvalue weighted by Crippen LogP contribution is 2.32. The molecule has 0 spiro atoms. The van der Waals surface area contributed by atoms with Crippen molar-refractivity contribution in [2.45, 2.75) is 25.4 Å². The zero-order chi connectivity index (χ0) is 23.3. The van der Waals surface area contributed by atoms with Crippen molar-refractivity contribution in [3.63, 3.8) is 0 Å². The van der Waals surface area contributed by atoms with Gasteiger partial charge < -0.3 is 9.47 Å². The number of hydrogen-bond acceptors (Lipinski definition) is 5. The summed E-state index contributed by atoms with van der Waals surface area (Å²) in [6.07, 6.45) is 2.27. The second kappa shape index (κ2) is 7.67. The van der Waals surface area contributed by atoms with E-state index in [0.29, 0.717) is 34.6 Å². The van der Waals surface area contributed by atoms with Gasteiger partial charge in [-0.05, 0) is 42.3 Å². The average molecular weight is 443 g/mol. The van der Waals surface area contributed by atoms with Crippen LogP contribution in [0, 0.1) is 17.1 Å². The minimum Gasteiger partial charge on any atom is -0.333 e. The molecule has 2 aromatic carbocycles. The summed E-state index contributed by atoms with van der Waals surface area (Å²) in [7, 11) is 1.76. The quantitative estimate of drug-likeness (QED) is 0.626. The molecule has 5 rings (SSSR count). The number of piperidine rings is 1. The lowest BCUT2D eigenvalue weighted by Gasteiger charge is -2.29. The van der Waals surface area contributed by atoms with Gasteiger partial charge in [0, 0.05) is 42.9 Å². The molecular formula is C24H18FN5O3. The van der Waals surface area contributed by atoms with Crippen molar-refractivity contribution in [2.24, 2.45) is 7.05 Å². The molecule has 0 radical (unpaired) electrons. The number of amides is 3. The fourth-order valence-corrected chi connectivity index (χ4v) is 4.39. The van der Waals surface area contributed by atoms with Crippen molar-refractivity contribution >= 4 is 17.7 Å². The number of nitriles is 1. The van der Waals surface area contributed by atoms with Gasteiger partial charge in [0.05, 0.1) is 17.3 Å². The van der Waals surface area contributed by atoms with E-state index in [1.807, 2.05) is 6.07 Å². The predicted octanol–water partition coefficient (Wildman–Crippen LogP) is 2.53. The number of aromatic nitrogens is 2. The van der Waals surface area contributed by atoms with Crippen molar-refractivity contribution in [2.75, 3.05) is 0 Å². The lowest BCUT2D eigenvalue weighted by molar-refractivity contribution is -0.136. The van der Waals surface area contributed by atoms with Crippen molar-refractivity contribution < 1.29 is 18.8 Å².